The molecule has 0 aromatic carbocycles. The average Bonchev–Trinajstić information content (AvgIpc) is 2.22. The van der Waals surface area contributed by atoms with E-state index in [2.05, 4.69) is 17.6 Å². The highest BCUT2D eigenvalue weighted by molar-refractivity contribution is 7.90. The fourth-order valence-electron chi connectivity index (χ4n) is 2.20. The van der Waals surface area contributed by atoms with Gasteiger partial charge in [0, 0.05) is 19.3 Å². The predicted molar refractivity (Wildman–Crippen MR) is 72.3 cm³/mol. The van der Waals surface area contributed by atoms with Crippen LogP contribution in [0, 0.1) is 5.41 Å². The van der Waals surface area contributed by atoms with Gasteiger partial charge in [-0.05, 0) is 31.1 Å². The molecule has 1 aliphatic rings. The molecule has 1 aliphatic carbocycles. The van der Waals surface area contributed by atoms with E-state index in [4.69, 9.17) is 0 Å². The summed E-state index contributed by atoms with van der Waals surface area (Å²) in [5.41, 5.74) is 0.310. The fourth-order valence-corrected chi connectivity index (χ4v) is 2.87. The maximum absolute atomic E-state index is 11.5. The molecule has 2 amide bonds. The second-order valence-electron chi connectivity index (χ2n) is 5.30. The Morgan fingerprint density at radius 2 is 1.94 bits per heavy atom. The molecule has 18 heavy (non-hydrogen) atoms. The van der Waals surface area contributed by atoms with Crippen molar-refractivity contribution in [1.82, 2.24) is 10.6 Å². The number of nitrogens with one attached hydrogen (secondary N) is 2. The molecule has 0 heterocycles. The second-order valence-corrected chi connectivity index (χ2v) is 7.56. The predicted octanol–water partition coefficient (Wildman–Crippen LogP) is 1.30. The lowest BCUT2D eigenvalue weighted by atomic mass is 9.67. The van der Waals surface area contributed by atoms with Gasteiger partial charge in [0.2, 0.25) is 0 Å². The number of urea groups is 1. The zero-order chi connectivity index (χ0) is 13.6. The van der Waals surface area contributed by atoms with Crippen molar-refractivity contribution in [2.45, 2.75) is 39.0 Å². The van der Waals surface area contributed by atoms with E-state index >= 15 is 0 Å². The van der Waals surface area contributed by atoms with Crippen LogP contribution >= 0.6 is 0 Å². The Morgan fingerprint density at radius 3 is 2.39 bits per heavy atom. The van der Waals surface area contributed by atoms with E-state index in [-0.39, 0.29) is 11.8 Å². The van der Waals surface area contributed by atoms with Crippen molar-refractivity contribution in [2.75, 3.05) is 25.1 Å². The summed E-state index contributed by atoms with van der Waals surface area (Å²) in [6.45, 7) is 3.28. The van der Waals surface area contributed by atoms with E-state index in [0.29, 0.717) is 18.4 Å². The summed E-state index contributed by atoms with van der Waals surface area (Å²) in [5.74, 6) is 0.117. The molecular weight excluding hydrogens is 252 g/mol. The molecular formula is C12H24N2O3S. The zero-order valence-corrected chi connectivity index (χ0v) is 12.1. The lowest BCUT2D eigenvalue weighted by molar-refractivity contribution is 0.126. The minimum absolute atomic E-state index is 0.117. The van der Waals surface area contributed by atoms with Crippen LogP contribution < -0.4 is 10.6 Å². The van der Waals surface area contributed by atoms with Crippen molar-refractivity contribution in [3.8, 4) is 0 Å². The number of carbonyl (C=O) groups excluding carboxylic acids is 1. The Hall–Kier alpha value is -0.780. The Morgan fingerprint density at radius 1 is 1.28 bits per heavy atom. The highest BCUT2D eigenvalue weighted by atomic mass is 32.2. The highest BCUT2D eigenvalue weighted by Gasteiger charge is 2.35. The van der Waals surface area contributed by atoms with Crippen LogP contribution in [0.1, 0.15) is 39.0 Å². The molecule has 5 nitrogen and oxygen atoms in total. The highest BCUT2D eigenvalue weighted by Crippen LogP contribution is 2.42. The van der Waals surface area contributed by atoms with Crippen molar-refractivity contribution in [2.24, 2.45) is 5.41 Å². The van der Waals surface area contributed by atoms with Gasteiger partial charge in [0.05, 0.1) is 5.75 Å². The first-order chi connectivity index (χ1) is 8.37. The minimum atomic E-state index is -2.93. The maximum atomic E-state index is 11.5. The van der Waals surface area contributed by atoms with Crippen LogP contribution in [0.5, 0.6) is 0 Å². The summed E-state index contributed by atoms with van der Waals surface area (Å²) in [5, 5.41) is 5.56. The first-order valence-electron chi connectivity index (χ1n) is 6.56. The summed E-state index contributed by atoms with van der Waals surface area (Å²) in [7, 11) is -2.93. The summed E-state index contributed by atoms with van der Waals surface area (Å²) in [6.07, 6.45) is 6.41. The first-order valence-corrected chi connectivity index (χ1v) is 8.62. The minimum Gasteiger partial charge on any atom is -0.338 e. The molecule has 1 fully saturated rings. The van der Waals surface area contributed by atoms with Crippen molar-refractivity contribution in [3.63, 3.8) is 0 Å². The number of hydrogen-bond acceptors (Lipinski definition) is 3. The Balaban J connectivity index is 2.11. The number of amides is 2. The topological polar surface area (TPSA) is 75.3 Å². The van der Waals surface area contributed by atoms with E-state index in [9.17, 15) is 13.2 Å². The van der Waals surface area contributed by atoms with Crippen LogP contribution in [0.3, 0.4) is 0 Å². The van der Waals surface area contributed by atoms with Gasteiger partial charge in [-0.3, -0.25) is 0 Å². The molecule has 0 aromatic rings. The van der Waals surface area contributed by atoms with Gasteiger partial charge in [-0.25, -0.2) is 13.2 Å². The molecule has 0 aromatic heterocycles. The largest absolute Gasteiger partial charge is 0.338 e. The molecule has 1 rings (SSSR count). The van der Waals surface area contributed by atoms with Gasteiger partial charge in [0.15, 0.2) is 0 Å². The molecule has 0 bridgehead atoms. The summed E-state index contributed by atoms with van der Waals surface area (Å²) in [4.78, 5) is 11.5. The molecule has 6 heteroatoms. The molecule has 0 spiro atoms. The molecule has 0 unspecified atom stereocenters. The second kappa shape index (κ2) is 6.41. The molecule has 2 N–H and O–H groups in total. The SMILES string of the molecule is CCC1(CNC(=O)NCCCS(C)(=O)=O)CCC1. The molecule has 0 radical (unpaired) electrons. The monoisotopic (exact) mass is 276 g/mol. The number of sulfone groups is 1. The van der Waals surface area contributed by atoms with Gasteiger partial charge in [-0.2, -0.15) is 0 Å². The van der Waals surface area contributed by atoms with E-state index in [1.54, 1.807) is 0 Å². The van der Waals surface area contributed by atoms with Gasteiger partial charge >= 0.3 is 6.03 Å². The van der Waals surface area contributed by atoms with E-state index in [1.807, 2.05) is 0 Å². The van der Waals surface area contributed by atoms with Crippen molar-refractivity contribution >= 4 is 15.9 Å². The number of hydrogen-bond donors (Lipinski definition) is 2. The first kappa shape index (κ1) is 15.3. The fraction of sp³-hybridized carbons (Fsp3) is 0.917. The summed E-state index contributed by atoms with van der Waals surface area (Å²) < 4.78 is 21.8. The Labute approximate surface area is 110 Å². The van der Waals surface area contributed by atoms with Crippen LogP contribution in [0.15, 0.2) is 0 Å². The van der Waals surface area contributed by atoms with Crippen molar-refractivity contribution < 1.29 is 13.2 Å². The quantitative estimate of drug-likeness (QED) is 0.688. The number of rotatable bonds is 7. The van der Waals surface area contributed by atoms with Crippen molar-refractivity contribution in [1.29, 1.82) is 0 Å². The van der Waals surface area contributed by atoms with Gasteiger partial charge in [-0.15, -0.1) is 0 Å². The van der Waals surface area contributed by atoms with E-state index in [1.165, 1.54) is 25.5 Å². The van der Waals surface area contributed by atoms with Gasteiger partial charge in [0.1, 0.15) is 9.84 Å². The Kier molecular flexibility index (Phi) is 5.44. The summed E-state index contributed by atoms with van der Waals surface area (Å²) in [6, 6.07) is -0.191. The zero-order valence-electron chi connectivity index (χ0n) is 11.3. The Bertz CT molecular complexity index is 369. The average molecular weight is 276 g/mol. The van der Waals surface area contributed by atoms with Crippen LogP contribution in [-0.4, -0.2) is 39.5 Å². The summed E-state index contributed by atoms with van der Waals surface area (Å²) >= 11 is 0. The molecule has 1 saturated carbocycles. The van der Waals surface area contributed by atoms with Crippen LogP contribution in [-0.2, 0) is 9.84 Å². The maximum Gasteiger partial charge on any atom is 0.314 e. The number of carbonyl (C=O) groups is 1. The molecule has 106 valence electrons. The van der Waals surface area contributed by atoms with E-state index in [0.717, 1.165) is 13.0 Å². The molecule has 0 saturated heterocycles. The third kappa shape index (κ3) is 5.25. The molecule has 0 aliphatic heterocycles. The van der Waals surface area contributed by atoms with Gasteiger partial charge < -0.3 is 10.6 Å². The van der Waals surface area contributed by atoms with E-state index < -0.39 is 9.84 Å². The third-order valence-corrected chi connectivity index (χ3v) is 4.80. The standard InChI is InChI=1S/C12H24N2O3S/c1-3-12(6-4-7-12)10-14-11(15)13-8-5-9-18(2,16)17/h3-10H2,1-2H3,(H2,13,14,15). The smallest absolute Gasteiger partial charge is 0.314 e. The van der Waals surface area contributed by atoms with Crippen molar-refractivity contribution in [3.05, 3.63) is 0 Å². The third-order valence-electron chi connectivity index (χ3n) is 3.77. The van der Waals surface area contributed by atoms with Gasteiger partial charge in [0.25, 0.3) is 0 Å². The normalized spacial score (nSPS) is 17.9. The lowest BCUT2D eigenvalue weighted by Crippen LogP contribution is -2.45. The lowest BCUT2D eigenvalue weighted by Gasteiger charge is -2.41. The van der Waals surface area contributed by atoms with Gasteiger partial charge in [-0.1, -0.05) is 13.3 Å². The van der Waals surface area contributed by atoms with Crippen LogP contribution in [0.2, 0.25) is 0 Å². The van der Waals surface area contributed by atoms with Crippen LogP contribution in [0.25, 0.3) is 0 Å². The van der Waals surface area contributed by atoms with Crippen LogP contribution in [0.4, 0.5) is 4.79 Å². The molecule has 0 atom stereocenters.